The molecule has 1 atom stereocenters. The highest BCUT2D eigenvalue weighted by Gasteiger charge is 2.29. The molecule has 0 spiro atoms. The van der Waals surface area contributed by atoms with Gasteiger partial charge in [0.25, 0.3) is 0 Å². The second-order valence-corrected chi connectivity index (χ2v) is 8.18. The number of hydrogen-bond acceptors (Lipinski definition) is 5. The van der Waals surface area contributed by atoms with Gasteiger partial charge in [0, 0.05) is 31.9 Å². The molecule has 2 aromatic carbocycles. The minimum atomic E-state index is 0.242. The van der Waals surface area contributed by atoms with Crippen LogP contribution in [-0.4, -0.2) is 51.3 Å². The van der Waals surface area contributed by atoms with Gasteiger partial charge in [-0.05, 0) is 40.5 Å². The Morgan fingerprint density at radius 2 is 1.52 bits per heavy atom. The fourth-order valence-corrected chi connectivity index (χ4v) is 4.11. The van der Waals surface area contributed by atoms with Gasteiger partial charge < -0.3 is 4.90 Å². The molecule has 0 saturated carbocycles. The Morgan fingerprint density at radius 3 is 2.17 bits per heavy atom. The van der Waals surface area contributed by atoms with Crippen LogP contribution in [0.15, 0.2) is 60.7 Å². The van der Waals surface area contributed by atoms with Crippen molar-refractivity contribution in [1.82, 2.24) is 25.1 Å². The van der Waals surface area contributed by atoms with Crippen molar-refractivity contribution in [2.24, 2.45) is 5.92 Å². The van der Waals surface area contributed by atoms with E-state index < -0.39 is 0 Å². The molecular weight excluding hydrogens is 360 g/mol. The third kappa shape index (κ3) is 4.82. The average molecular weight is 391 g/mol. The van der Waals surface area contributed by atoms with Gasteiger partial charge in [-0.15, -0.1) is 5.10 Å². The van der Waals surface area contributed by atoms with Crippen LogP contribution in [0.2, 0.25) is 0 Å². The molecule has 0 unspecified atom stereocenters. The van der Waals surface area contributed by atoms with E-state index >= 15 is 0 Å². The number of benzene rings is 2. The highest BCUT2D eigenvalue weighted by molar-refractivity contribution is 5.46. The second-order valence-electron chi connectivity index (χ2n) is 8.18. The largest absolute Gasteiger partial charge is 0.369 e. The van der Waals surface area contributed by atoms with Crippen LogP contribution in [0.5, 0.6) is 0 Å². The van der Waals surface area contributed by atoms with Gasteiger partial charge in [0.2, 0.25) is 0 Å². The maximum atomic E-state index is 4.46. The van der Waals surface area contributed by atoms with Crippen LogP contribution in [0.25, 0.3) is 0 Å². The summed E-state index contributed by atoms with van der Waals surface area (Å²) in [5.74, 6) is 1.56. The van der Waals surface area contributed by atoms with E-state index in [0.29, 0.717) is 12.5 Å². The number of piperazine rings is 1. The molecule has 6 heteroatoms. The Kier molecular flexibility index (Phi) is 6.20. The summed E-state index contributed by atoms with van der Waals surface area (Å²) < 4.78 is 1.98. The maximum Gasteiger partial charge on any atom is 0.168 e. The summed E-state index contributed by atoms with van der Waals surface area (Å²) in [6.07, 6.45) is 1.06. The van der Waals surface area contributed by atoms with Gasteiger partial charge in [0.05, 0.1) is 12.6 Å². The van der Waals surface area contributed by atoms with E-state index in [1.165, 1.54) is 11.3 Å². The molecule has 2 heterocycles. The van der Waals surface area contributed by atoms with E-state index in [1.54, 1.807) is 0 Å². The highest BCUT2D eigenvalue weighted by atomic mass is 15.6. The Balaban J connectivity index is 1.50. The van der Waals surface area contributed by atoms with E-state index in [0.717, 1.165) is 38.4 Å². The van der Waals surface area contributed by atoms with Crippen LogP contribution >= 0.6 is 0 Å². The number of rotatable bonds is 7. The first-order chi connectivity index (χ1) is 14.2. The summed E-state index contributed by atoms with van der Waals surface area (Å²) in [5.41, 5.74) is 2.53. The Morgan fingerprint density at radius 1 is 0.862 bits per heavy atom. The normalized spacial score (nSPS) is 16.3. The summed E-state index contributed by atoms with van der Waals surface area (Å²) in [6, 6.07) is 21.4. The van der Waals surface area contributed by atoms with E-state index in [-0.39, 0.29) is 6.04 Å². The number of aromatic nitrogens is 4. The monoisotopic (exact) mass is 390 g/mol. The van der Waals surface area contributed by atoms with E-state index in [1.807, 2.05) is 10.7 Å². The van der Waals surface area contributed by atoms with Gasteiger partial charge in [-0.2, -0.15) is 0 Å². The molecule has 1 aromatic heterocycles. The molecule has 1 fully saturated rings. The van der Waals surface area contributed by atoms with Crippen molar-refractivity contribution >= 4 is 5.69 Å². The first-order valence-electron chi connectivity index (χ1n) is 10.5. The Hall–Kier alpha value is -2.73. The van der Waals surface area contributed by atoms with Gasteiger partial charge in [-0.3, -0.25) is 4.90 Å². The zero-order valence-electron chi connectivity index (χ0n) is 17.4. The topological polar surface area (TPSA) is 50.1 Å². The fourth-order valence-electron chi connectivity index (χ4n) is 4.11. The van der Waals surface area contributed by atoms with Crippen LogP contribution in [0, 0.1) is 5.92 Å². The van der Waals surface area contributed by atoms with Gasteiger partial charge in [-0.1, -0.05) is 62.4 Å². The number of hydrogen-bond donors (Lipinski definition) is 0. The summed E-state index contributed by atoms with van der Waals surface area (Å²) >= 11 is 0. The standard InChI is InChI=1S/C23H30N6/c1-19(2)17-22(23-24-25-26-29(23)18-20-9-5-3-6-10-20)28-15-13-27(14-16-28)21-11-7-4-8-12-21/h3-12,19,22H,13-18H2,1-2H3/t22-/m0/s1. The molecule has 29 heavy (non-hydrogen) atoms. The summed E-state index contributed by atoms with van der Waals surface area (Å²) in [6.45, 7) is 9.35. The molecule has 0 N–H and O–H groups in total. The molecule has 0 aliphatic carbocycles. The van der Waals surface area contributed by atoms with E-state index in [4.69, 9.17) is 0 Å². The second kappa shape index (κ2) is 9.18. The Labute approximate surface area is 173 Å². The summed E-state index contributed by atoms with van der Waals surface area (Å²) in [4.78, 5) is 5.03. The number of para-hydroxylation sites is 1. The molecule has 0 radical (unpaired) electrons. The third-order valence-corrected chi connectivity index (χ3v) is 5.60. The first-order valence-corrected chi connectivity index (χ1v) is 10.5. The molecule has 1 aliphatic heterocycles. The average Bonchev–Trinajstić information content (AvgIpc) is 3.21. The van der Waals surface area contributed by atoms with Crippen molar-refractivity contribution in [3.05, 3.63) is 72.1 Å². The van der Waals surface area contributed by atoms with Crippen LogP contribution in [0.1, 0.15) is 37.7 Å². The van der Waals surface area contributed by atoms with Crippen molar-refractivity contribution in [1.29, 1.82) is 0 Å². The first kappa shape index (κ1) is 19.6. The van der Waals surface area contributed by atoms with Crippen molar-refractivity contribution in [2.75, 3.05) is 31.1 Å². The summed E-state index contributed by atoms with van der Waals surface area (Å²) in [5, 5.41) is 12.8. The summed E-state index contributed by atoms with van der Waals surface area (Å²) in [7, 11) is 0. The molecule has 6 nitrogen and oxygen atoms in total. The lowest BCUT2D eigenvalue weighted by molar-refractivity contribution is 0.153. The zero-order chi connectivity index (χ0) is 20.1. The SMILES string of the molecule is CC(C)C[C@@H](c1nnnn1Cc1ccccc1)N1CCN(c2ccccc2)CC1. The van der Waals surface area contributed by atoms with Gasteiger partial charge in [0.1, 0.15) is 0 Å². The highest BCUT2D eigenvalue weighted by Crippen LogP contribution is 2.28. The number of nitrogens with zero attached hydrogens (tertiary/aromatic N) is 6. The van der Waals surface area contributed by atoms with Crippen molar-refractivity contribution in [2.45, 2.75) is 32.9 Å². The number of anilines is 1. The lowest BCUT2D eigenvalue weighted by atomic mass is 10.0. The van der Waals surface area contributed by atoms with Crippen LogP contribution in [0.3, 0.4) is 0 Å². The van der Waals surface area contributed by atoms with Crippen molar-refractivity contribution in [3.63, 3.8) is 0 Å². The molecule has 0 amide bonds. The predicted molar refractivity (Wildman–Crippen MR) is 116 cm³/mol. The fraction of sp³-hybridized carbons (Fsp3) is 0.435. The van der Waals surface area contributed by atoms with Gasteiger partial charge in [-0.25, -0.2) is 4.68 Å². The quantitative estimate of drug-likeness (QED) is 0.617. The van der Waals surface area contributed by atoms with Crippen LogP contribution in [-0.2, 0) is 6.54 Å². The molecule has 1 saturated heterocycles. The van der Waals surface area contributed by atoms with Crippen LogP contribution in [0.4, 0.5) is 5.69 Å². The van der Waals surface area contributed by atoms with Gasteiger partial charge in [0.15, 0.2) is 5.82 Å². The molecule has 152 valence electrons. The molecule has 1 aliphatic rings. The third-order valence-electron chi connectivity index (χ3n) is 5.60. The minimum absolute atomic E-state index is 0.242. The predicted octanol–water partition coefficient (Wildman–Crippen LogP) is 3.63. The molecular formula is C23H30N6. The van der Waals surface area contributed by atoms with Crippen molar-refractivity contribution in [3.8, 4) is 0 Å². The number of tetrazole rings is 1. The smallest absolute Gasteiger partial charge is 0.168 e. The lowest BCUT2D eigenvalue weighted by Gasteiger charge is -2.40. The zero-order valence-corrected chi connectivity index (χ0v) is 17.4. The maximum absolute atomic E-state index is 4.46. The molecule has 3 aromatic rings. The Bertz CT molecular complexity index is 869. The van der Waals surface area contributed by atoms with E-state index in [9.17, 15) is 0 Å². The van der Waals surface area contributed by atoms with Crippen LogP contribution < -0.4 is 4.90 Å². The van der Waals surface area contributed by atoms with Crippen molar-refractivity contribution < 1.29 is 0 Å². The van der Waals surface area contributed by atoms with E-state index in [2.05, 4.69) is 93.8 Å². The van der Waals surface area contributed by atoms with Gasteiger partial charge >= 0.3 is 0 Å². The molecule has 4 rings (SSSR count). The minimum Gasteiger partial charge on any atom is -0.369 e. The molecule has 0 bridgehead atoms. The lowest BCUT2D eigenvalue weighted by Crippen LogP contribution is -2.48.